The number of hydrogen-bond acceptors (Lipinski definition) is 4. The Morgan fingerprint density at radius 2 is 1.71 bits per heavy atom. The van der Waals surface area contributed by atoms with Gasteiger partial charge in [-0.1, -0.05) is 0 Å². The van der Waals surface area contributed by atoms with E-state index in [1.165, 1.54) is 0 Å². The van der Waals surface area contributed by atoms with Crippen molar-refractivity contribution in [2.45, 2.75) is 44.7 Å². The Hall–Kier alpha value is -2.41. The van der Waals surface area contributed by atoms with Crippen LogP contribution >= 0.6 is 0 Å². The van der Waals surface area contributed by atoms with Gasteiger partial charge in [0.05, 0.1) is 6.04 Å². The highest BCUT2D eigenvalue weighted by Crippen LogP contribution is 2.22. The summed E-state index contributed by atoms with van der Waals surface area (Å²) in [5.74, 6) is 0.249. The lowest BCUT2D eigenvalue weighted by Crippen LogP contribution is -2.55. The summed E-state index contributed by atoms with van der Waals surface area (Å²) in [5, 5.41) is 3.05. The predicted molar refractivity (Wildman–Crippen MR) is 106 cm³/mol. The number of anilines is 1. The topological polar surface area (TPSA) is 73.0 Å². The Bertz CT molecular complexity index is 751. The van der Waals surface area contributed by atoms with E-state index in [0.717, 1.165) is 31.5 Å². The third-order valence-electron chi connectivity index (χ3n) is 5.95. The summed E-state index contributed by atoms with van der Waals surface area (Å²) >= 11 is 0. The third kappa shape index (κ3) is 4.04. The SMILES string of the molecule is CC(C(=O)NC1CC1)N1CCN(C(=O)c2ccc(N3CCCC3=O)cc2)CC1. The van der Waals surface area contributed by atoms with Crippen LogP contribution in [0.1, 0.15) is 43.0 Å². The molecule has 1 unspecified atom stereocenters. The van der Waals surface area contributed by atoms with Crippen LogP contribution in [0, 0.1) is 0 Å². The van der Waals surface area contributed by atoms with Gasteiger partial charge in [-0.2, -0.15) is 0 Å². The first-order valence-corrected chi connectivity index (χ1v) is 10.3. The first-order valence-electron chi connectivity index (χ1n) is 10.3. The number of carbonyl (C=O) groups is 3. The zero-order valence-electron chi connectivity index (χ0n) is 16.4. The largest absolute Gasteiger partial charge is 0.352 e. The molecule has 1 N–H and O–H groups in total. The van der Waals surface area contributed by atoms with Gasteiger partial charge in [0.15, 0.2) is 0 Å². The molecule has 4 rings (SSSR count). The van der Waals surface area contributed by atoms with Crippen molar-refractivity contribution in [2.75, 3.05) is 37.6 Å². The van der Waals surface area contributed by atoms with Gasteiger partial charge in [-0.05, 0) is 50.5 Å². The van der Waals surface area contributed by atoms with Gasteiger partial charge in [0.2, 0.25) is 11.8 Å². The first kappa shape index (κ1) is 18.9. The molecule has 1 aromatic rings. The average molecular weight is 384 g/mol. The zero-order chi connectivity index (χ0) is 19.7. The number of benzene rings is 1. The van der Waals surface area contributed by atoms with Crippen LogP contribution in [0.2, 0.25) is 0 Å². The van der Waals surface area contributed by atoms with Crippen LogP contribution in [0.5, 0.6) is 0 Å². The summed E-state index contributed by atoms with van der Waals surface area (Å²) in [4.78, 5) is 42.7. The Balaban J connectivity index is 1.31. The fraction of sp³-hybridized carbons (Fsp3) is 0.571. The second kappa shape index (κ2) is 7.91. The molecule has 28 heavy (non-hydrogen) atoms. The van der Waals surface area contributed by atoms with E-state index in [1.807, 2.05) is 24.0 Å². The van der Waals surface area contributed by atoms with E-state index in [0.29, 0.717) is 44.2 Å². The summed E-state index contributed by atoms with van der Waals surface area (Å²) in [6.45, 7) is 5.32. The smallest absolute Gasteiger partial charge is 0.253 e. The normalized spacial score (nSPS) is 21.7. The molecule has 3 amide bonds. The standard InChI is InChI=1S/C21H28N4O3/c1-15(20(27)22-17-6-7-17)23-11-13-24(14-12-23)21(28)16-4-8-18(9-5-16)25-10-2-3-19(25)26/h4-5,8-9,15,17H,2-3,6-7,10-14H2,1H3,(H,22,27). The monoisotopic (exact) mass is 384 g/mol. The maximum atomic E-state index is 12.8. The van der Waals surface area contributed by atoms with Gasteiger partial charge in [0.1, 0.15) is 0 Å². The molecule has 3 aliphatic rings. The summed E-state index contributed by atoms with van der Waals surface area (Å²) in [6.07, 6.45) is 3.67. The van der Waals surface area contributed by atoms with Gasteiger partial charge in [0, 0.05) is 56.4 Å². The van der Waals surface area contributed by atoms with Crippen molar-refractivity contribution in [3.63, 3.8) is 0 Å². The van der Waals surface area contributed by atoms with Crippen LogP contribution in [-0.2, 0) is 9.59 Å². The Morgan fingerprint density at radius 3 is 2.29 bits per heavy atom. The Kier molecular flexibility index (Phi) is 5.35. The molecule has 1 aliphatic carbocycles. The van der Waals surface area contributed by atoms with Crippen LogP contribution in [-0.4, -0.2) is 72.3 Å². The van der Waals surface area contributed by atoms with E-state index in [2.05, 4.69) is 10.2 Å². The van der Waals surface area contributed by atoms with E-state index in [9.17, 15) is 14.4 Å². The number of nitrogens with zero attached hydrogens (tertiary/aromatic N) is 3. The van der Waals surface area contributed by atoms with Gasteiger partial charge in [0.25, 0.3) is 5.91 Å². The lowest BCUT2D eigenvalue weighted by atomic mass is 10.1. The van der Waals surface area contributed by atoms with E-state index < -0.39 is 0 Å². The highest BCUT2D eigenvalue weighted by atomic mass is 16.2. The fourth-order valence-corrected chi connectivity index (χ4v) is 3.92. The molecule has 150 valence electrons. The number of rotatable bonds is 5. The highest BCUT2D eigenvalue weighted by Gasteiger charge is 2.31. The highest BCUT2D eigenvalue weighted by molar-refractivity contribution is 5.97. The van der Waals surface area contributed by atoms with Gasteiger partial charge in [-0.3, -0.25) is 19.3 Å². The molecule has 1 atom stereocenters. The number of carbonyl (C=O) groups excluding carboxylic acids is 3. The second-order valence-electron chi connectivity index (χ2n) is 7.98. The minimum absolute atomic E-state index is 0.00836. The van der Waals surface area contributed by atoms with Crippen LogP contribution in [0.15, 0.2) is 24.3 Å². The van der Waals surface area contributed by atoms with Crippen molar-refractivity contribution in [2.24, 2.45) is 0 Å². The van der Waals surface area contributed by atoms with Gasteiger partial charge in [-0.25, -0.2) is 0 Å². The molecular formula is C21H28N4O3. The maximum absolute atomic E-state index is 12.8. The fourth-order valence-electron chi connectivity index (χ4n) is 3.92. The maximum Gasteiger partial charge on any atom is 0.253 e. The van der Waals surface area contributed by atoms with E-state index in [1.54, 1.807) is 17.0 Å². The van der Waals surface area contributed by atoms with Gasteiger partial charge in [-0.15, -0.1) is 0 Å². The van der Waals surface area contributed by atoms with Crippen molar-refractivity contribution in [3.05, 3.63) is 29.8 Å². The summed E-state index contributed by atoms with van der Waals surface area (Å²) in [6, 6.07) is 7.54. The molecule has 2 aliphatic heterocycles. The zero-order valence-corrected chi connectivity index (χ0v) is 16.4. The molecular weight excluding hydrogens is 356 g/mol. The Morgan fingerprint density at radius 1 is 1.04 bits per heavy atom. The summed E-state index contributed by atoms with van der Waals surface area (Å²) < 4.78 is 0. The number of hydrogen-bond donors (Lipinski definition) is 1. The van der Waals surface area contributed by atoms with Crippen LogP contribution < -0.4 is 10.2 Å². The quantitative estimate of drug-likeness (QED) is 0.829. The molecule has 0 radical (unpaired) electrons. The van der Waals surface area contributed by atoms with Crippen molar-refractivity contribution < 1.29 is 14.4 Å². The Labute approximate surface area is 165 Å². The minimum atomic E-state index is -0.157. The minimum Gasteiger partial charge on any atom is -0.352 e. The molecule has 2 heterocycles. The molecule has 0 aromatic heterocycles. The molecule has 1 saturated carbocycles. The van der Waals surface area contributed by atoms with E-state index in [4.69, 9.17) is 0 Å². The first-order chi connectivity index (χ1) is 13.5. The third-order valence-corrected chi connectivity index (χ3v) is 5.95. The van der Waals surface area contributed by atoms with E-state index >= 15 is 0 Å². The lowest BCUT2D eigenvalue weighted by Gasteiger charge is -2.37. The van der Waals surface area contributed by atoms with Crippen molar-refractivity contribution in [1.29, 1.82) is 0 Å². The average Bonchev–Trinajstić information content (AvgIpc) is 3.44. The van der Waals surface area contributed by atoms with Crippen molar-refractivity contribution >= 4 is 23.4 Å². The molecule has 7 nitrogen and oxygen atoms in total. The summed E-state index contributed by atoms with van der Waals surface area (Å²) in [7, 11) is 0. The molecule has 7 heteroatoms. The lowest BCUT2D eigenvalue weighted by molar-refractivity contribution is -0.126. The van der Waals surface area contributed by atoms with Gasteiger partial charge < -0.3 is 15.1 Å². The number of nitrogens with one attached hydrogen (secondary N) is 1. The predicted octanol–water partition coefficient (Wildman–Crippen LogP) is 1.24. The van der Waals surface area contributed by atoms with Crippen molar-refractivity contribution in [1.82, 2.24) is 15.1 Å². The van der Waals surface area contributed by atoms with Crippen LogP contribution in [0.4, 0.5) is 5.69 Å². The number of piperazine rings is 1. The number of amides is 3. The second-order valence-corrected chi connectivity index (χ2v) is 7.98. The summed E-state index contributed by atoms with van der Waals surface area (Å²) in [5.41, 5.74) is 1.50. The molecule has 1 aromatic carbocycles. The molecule has 3 fully saturated rings. The molecule has 0 bridgehead atoms. The molecule has 2 saturated heterocycles. The van der Waals surface area contributed by atoms with Crippen LogP contribution in [0.25, 0.3) is 0 Å². The van der Waals surface area contributed by atoms with Gasteiger partial charge >= 0.3 is 0 Å². The molecule has 0 spiro atoms. The van der Waals surface area contributed by atoms with Crippen molar-refractivity contribution in [3.8, 4) is 0 Å². The van der Waals surface area contributed by atoms with E-state index in [-0.39, 0.29) is 23.8 Å². The van der Waals surface area contributed by atoms with Crippen LogP contribution in [0.3, 0.4) is 0 Å².